The number of ketones is 1. The van der Waals surface area contributed by atoms with Gasteiger partial charge in [0, 0.05) is 31.7 Å². The molecule has 4 rings (SSSR count). The first kappa shape index (κ1) is 18.8. The average molecular weight is 400 g/mol. The third-order valence-corrected chi connectivity index (χ3v) is 5.94. The van der Waals surface area contributed by atoms with Crippen LogP contribution in [0.15, 0.2) is 40.1 Å². The molecule has 0 N–H and O–H groups in total. The first-order valence-corrected chi connectivity index (χ1v) is 10.1. The summed E-state index contributed by atoms with van der Waals surface area (Å²) in [6, 6.07) is 8.59. The second-order valence-corrected chi connectivity index (χ2v) is 7.79. The van der Waals surface area contributed by atoms with Crippen LogP contribution in [0.1, 0.15) is 36.1 Å². The largest absolute Gasteiger partial charge is 0.418 e. The average Bonchev–Trinajstić information content (AvgIpc) is 3.39. The lowest BCUT2D eigenvalue weighted by molar-refractivity contribution is 0.101. The molecule has 3 heterocycles. The number of halogens is 1. The zero-order valence-corrected chi connectivity index (χ0v) is 16.6. The fourth-order valence-corrected chi connectivity index (χ4v) is 4.04. The molecule has 146 valence electrons. The molecule has 1 fully saturated rings. The molecule has 0 amide bonds. The number of carbonyl (C=O) groups excluding carboxylic acids is 1. The summed E-state index contributed by atoms with van der Waals surface area (Å²) in [5.74, 6) is 0.647. The van der Waals surface area contributed by atoms with Crippen LogP contribution >= 0.6 is 11.3 Å². The maximum Gasteiger partial charge on any atom is 0.257 e. The van der Waals surface area contributed by atoms with Gasteiger partial charge in [0.05, 0.1) is 16.6 Å². The number of hydrogen-bond acceptors (Lipinski definition) is 7. The first-order chi connectivity index (χ1) is 13.5. The van der Waals surface area contributed by atoms with Gasteiger partial charge in [-0.15, -0.1) is 21.5 Å². The lowest BCUT2D eigenvalue weighted by Crippen LogP contribution is -2.47. The molecule has 1 aromatic carbocycles. The highest BCUT2D eigenvalue weighted by Crippen LogP contribution is 2.28. The standard InChI is InChI=1S/C20H21FN4O2S/c1-13(19-22-23-20(27-19)18-4-3-11-28-18)24-7-9-25(10-8-24)17-6-5-15(14(2)26)12-16(17)21/h3-6,11-13H,7-10H2,1-2H3/t13-/m1/s1. The number of nitrogens with zero attached hydrogens (tertiary/aromatic N) is 4. The summed E-state index contributed by atoms with van der Waals surface area (Å²) in [7, 11) is 0. The third kappa shape index (κ3) is 3.70. The molecule has 28 heavy (non-hydrogen) atoms. The van der Waals surface area contributed by atoms with Crippen LogP contribution in [0.5, 0.6) is 0 Å². The minimum Gasteiger partial charge on any atom is -0.418 e. The Hall–Kier alpha value is -2.58. The fraction of sp³-hybridized carbons (Fsp3) is 0.350. The van der Waals surface area contributed by atoms with Crippen LogP contribution in [-0.2, 0) is 0 Å². The van der Waals surface area contributed by atoms with Crippen molar-refractivity contribution in [2.75, 3.05) is 31.1 Å². The second-order valence-electron chi connectivity index (χ2n) is 6.84. The molecule has 1 saturated heterocycles. The predicted molar refractivity (Wildman–Crippen MR) is 106 cm³/mol. The van der Waals surface area contributed by atoms with E-state index in [1.54, 1.807) is 23.5 Å². The molecular formula is C20H21FN4O2S. The van der Waals surface area contributed by atoms with E-state index in [0.29, 0.717) is 36.1 Å². The summed E-state index contributed by atoms with van der Waals surface area (Å²) in [5.41, 5.74) is 0.932. The molecule has 3 aromatic rings. The molecule has 0 aliphatic carbocycles. The maximum absolute atomic E-state index is 14.4. The predicted octanol–water partition coefficient (Wildman–Crippen LogP) is 4.02. The molecule has 1 atom stereocenters. The van der Waals surface area contributed by atoms with Crippen LogP contribution in [0.2, 0.25) is 0 Å². The van der Waals surface area contributed by atoms with Gasteiger partial charge in [0.25, 0.3) is 5.89 Å². The van der Waals surface area contributed by atoms with Gasteiger partial charge >= 0.3 is 0 Å². The number of anilines is 1. The van der Waals surface area contributed by atoms with E-state index in [4.69, 9.17) is 4.42 Å². The van der Waals surface area contributed by atoms with Gasteiger partial charge in [-0.1, -0.05) is 6.07 Å². The Kier molecular flexibility index (Phi) is 5.23. The van der Waals surface area contributed by atoms with Gasteiger partial charge in [-0.3, -0.25) is 9.69 Å². The number of rotatable bonds is 5. The van der Waals surface area contributed by atoms with Gasteiger partial charge in [0.2, 0.25) is 5.89 Å². The maximum atomic E-state index is 14.4. The van der Waals surface area contributed by atoms with Crippen LogP contribution in [0.4, 0.5) is 10.1 Å². The zero-order valence-electron chi connectivity index (χ0n) is 15.8. The number of carbonyl (C=O) groups is 1. The van der Waals surface area contributed by atoms with Crippen molar-refractivity contribution in [3.8, 4) is 10.8 Å². The monoisotopic (exact) mass is 400 g/mol. The minimum atomic E-state index is -0.355. The molecule has 2 aromatic heterocycles. The van der Waals surface area contributed by atoms with Gasteiger partial charge in [0.15, 0.2) is 5.78 Å². The number of aromatic nitrogens is 2. The molecule has 0 saturated carbocycles. The van der Waals surface area contributed by atoms with Crippen LogP contribution in [0.3, 0.4) is 0 Å². The molecule has 6 nitrogen and oxygen atoms in total. The summed E-state index contributed by atoms with van der Waals surface area (Å²) in [6.45, 7) is 6.37. The quantitative estimate of drug-likeness (QED) is 0.603. The van der Waals surface area contributed by atoms with Crippen molar-refractivity contribution in [3.05, 3.63) is 53.0 Å². The minimum absolute atomic E-state index is 0.00621. The van der Waals surface area contributed by atoms with Crippen molar-refractivity contribution < 1.29 is 13.6 Å². The van der Waals surface area contributed by atoms with Crippen LogP contribution in [0.25, 0.3) is 10.8 Å². The Balaban J connectivity index is 1.41. The lowest BCUT2D eigenvalue weighted by atomic mass is 10.1. The normalized spacial score (nSPS) is 16.3. The summed E-state index contributed by atoms with van der Waals surface area (Å²) >= 11 is 1.57. The topological polar surface area (TPSA) is 62.5 Å². The van der Waals surface area contributed by atoms with Crippen LogP contribution < -0.4 is 4.90 Å². The SMILES string of the molecule is CC(=O)c1ccc(N2CCN([C@H](C)c3nnc(-c4cccs4)o3)CC2)c(F)c1. The van der Waals surface area contributed by atoms with E-state index in [2.05, 4.69) is 15.1 Å². The molecule has 0 unspecified atom stereocenters. The van der Waals surface area contributed by atoms with E-state index in [1.165, 1.54) is 13.0 Å². The fourth-order valence-electron chi connectivity index (χ4n) is 3.39. The summed E-state index contributed by atoms with van der Waals surface area (Å²) in [4.78, 5) is 16.6. The third-order valence-electron chi connectivity index (χ3n) is 5.09. The first-order valence-electron chi connectivity index (χ1n) is 9.19. The molecule has 0 spiro atoms. The summed E-state index contributed by atoms with van der Waals surface area (Å²) < 4.78 is 20.3. The Labute approximate surface area is 166 Å². The van der Waals surface area contributed by atoms with E-state index in [0.717, 1.165) is 18.0 Å². The number of Topliss-reactive ketones (excluding diaryl/α,β-unsaturated/α-hetero) is 1. The Morgan fingerprint density at radius 2 is 2.00 bits per heavy atom. The van der Waals surface area contributed by atoms with Crippen molar-refractivity contribution in [3.63, 3.8) is 0 Å². The number of thiophene rings is 1. The number of piperazine rings is 1. The van der Waals surface area contributed by atoms with Crippen molar-refractivity contribution in [2.24, 2.45) is 0 Å². The number of benzene rings is 1. The summed E-state index contributed by atoms with van der Waals surface area (Å²) in [6.07, 6.45) is 0. The van der Waals surface area contributed by atoms with E-state index >= 15 is 0 Å². The molecule has 1 aliphatic heterocycles. The number of hydrogen-bond donors (Lipinski definition) is 0. The van der Waals surface area contributed by atoms with Crippen molar-refractivity contribution in [1.29, 1.82) is 0 Å². The van der Waals surface area contributed by atoms with Crippen molar-refractivity contribution in [2.45, 2.75) is 19.9 Å². The zero-order chi connectivity index (χ0) is 19.7. The van der Waals surface area contributed by atoms with E-state index in [-0.39, 0.29) is 17.6 Å². The molecule has 0 bridgehead atoms. The van der Waals surface area contributed by atoms with E-state index in [1.807, 2.05) is 29.3 Å². The van der Waals surface area contributed by atoms with Gasteiger partial charge in [0.1, 0.15) is 5.82 Å². The molecular weight excluding hydrogens is 379 g/mol. The van der Waals surface area contributed by atoms with Crippen molar-refractivity contribution >= 4 is 22.8 Å². The van der Waals surface area contributed by atoms with Gasteiger partial charge in [-0.2, -0.15) is 0 Å². The van der Waals surface area contributed by atoms with Gasteiger partial charge in [-0.05, 0) is 43.5 Å². The Bertz CT molecular complexity index is 965. The van der Waals surface area contributed by atoms with Crippen molar-refractivity contribution in [1.82, 2.24) is 15.1 Å². The molecule has 0 radical (unpaired) electrons. The Morgan fingerprint density at radius 3 is 2.64 bits per heavy atom. The smallest absolute Gasteiger partial charge is 0.257 e. The lowest BCUT2D eigenvalue weighted by Gasteiger charge is -2.38. The Morgan fingerprint density at radius 1 is 1.21 bits per heavy atom. The van der Waals surface area contributed by atoms with Crippen LogP contribution in [0, 0.1) is 5.82 Å². The van der Waals surface area contributed by atoms with Gasteiger partial charge < -0.3 is 9.32 Å². The van der Waals surface area contributed by atoms with Gasteiger partial charge in [-0.25, -0.2) is 4.39 Å². The summed E-state index contributed by atoms with van der Waals surface area (Å²) in [5, 5.41) is 10.3. The highest BCUT2D eigenvalue weighted by atomic mass is 32.1. The highest BCUT2D eigenvalue weighted by molar-refractivity contribution is 7.13. The highest BCUT2D eigenvalue weighted by Gasteiger charge is 2.27. The van der Waals surface area contributed by atoms with Crippen LogP contribution in [-0.4, -0.2) is 47.1 Å². The van der Waals surface area contributed by atoms with E-state index in [9.17, 15) is 9.18 Å². The molecule has 8 heteroatoms. The molecule has 1 aliphatic rings. The second kappa shape index (κ2) is 7.81. The van der Waals surface area contributed by atoms with E-state index < -0.39 is 0 Å².